The summed E-state index contributed by atoms with van der Waals surface area (Å²) in [5.41, 5.74) is 20.5. The second-order valence-electron chi connectivity index (χ2n) is 9.03. The minimum Gasteiger partial charge on any atom is -0.351 e. The van der Waals surface area contributed by atoms with Gasteiger partial charge in [0.2, 0.25) is 0 Å². The Kier molecular flexibility index (Phi) is 5.57. The molecule has 1 aromatic heterocycles. The molecule has 1 aliphatic heterocycles. The Hall–Kier alpha value is -5.44. The number of aromatic amines is 1. The average Bonchev–Trinajstić information content (AvgIpc) is 3.52. The van der Waals surface area contributed by atoms with Gasteiger partial charge in [-0.1, -0.05) is 30.3 Å². The number of nitrogens with one attached hydrogen (secondary N) is 3. The minimum absolute atomic E-state index is 0.589. The summed E-state index contributed by atoms with van der Waals surface area (Å²) in [5.74, 6) is 0.739. The summed E-state index contributed by atoms with van der Waals surface area (Å²) >= 11 is 0. The summed E-state index contributed by atoms with van der Waals surface area (Å²) in [6.45, 7) is 0. The number of anilines is 2. The number of H-pyrrole nitrogens is 1. The molecule has 0 aliphatic carbocycles. The highest BCUT2D eigenvalue weighted by atomic mass is 16.2. The summed E-state index contributed by atoms with van der Waals surface area (Å²) in [6.07, 6.45) is 0.744. The lowest BCUT2D eigenvalue weighted by Crippen LogP contribution is -2.19. The molecule has 2 heterocycles. The highest BCUT2D eigenvalue weighted by molar-refractivity contribution is 6.07. The Balaban J connectivity index is 1.25. The number of nitrogens with zero attached hydrogens (tertiary/aromatic N) is 2. The van der Waals surface area contributed by atoms with Gasteiger partial charge in [0.15, 0.2) is 0 Å². The molecular weight excluding hydrogens is 478 g/mol. The van der Waals surface area contributed by atoms with Gasteiger partial charge >= 0.3 is 12.1 Å². The van der Waals surface area contributed by atoms with Crippen molar-refractivity contribution in [3.8, 4) is 22.5 Å². The molecule has 7 N–H and O–H groups in total. The fourth-order valence-electron chi connectivity index (χ4n) is 4.59. The molecule has 38 heavy (non-hydrogen) atoms. The molecule has 6 rings (SSSR count). The summed E-state index contributed by atoms with van der Waals surface area (Å²) in [7, 11) is 0. The SMILES string of the molecule is NC(=O)Nc1ccc(C2=Nc3cc(-c4ccc5[nH]c(-c6ccc(NC(N)=O)cc6)nc5c4)ccc3C2)cc1. The van der Waals surface area contributed by atoms with Crippen LogP contribution in [0.1, 0.15) is 11.1 Å². The zero-order chi connectivity index (χ0) is 26.2. The first-order chi connectivity index (χ1) is 18.4. The Morgan fingerprint density at radius 2 is 1.29 bits per heavy atom. The second kappa shape index (κ2) is 9.21. The van der Waals surface area contributed by atoms with Crippen LogP contribution in [0.5, 0.6) is 0 Å². The standard InChI is InChI=1S/C29H23N7O2/c30-28(37)32-21-8-3-16(4-9-21)24-15-20-2-1-18(13-25(20)34-24)19-7-12-23-26(14-19)36-27(35-23)17-5-10-22(11-6-17)33-29(31)38/h1-14H,15H2,(H,35,36)(H3,30,32,37)(H3,31,33,38). The largest absolute Gasteiger partial charge is 0.351 e. The van der Waals surface area contributed by atoms with Gasteiger partial charge in [0.25, 0.3) is 0 Å². The lowest BCUT2D eigenvalue weighted by atomic mass is 10.00. The van der Waals surface area contributed by atoms with E-state index in [0.29, 0.717) is 11.4 Å². The molecule has 0 fully saturated rings. The molecule has 0 bridgehead atoms. The normalized spacial score (nSPS) is 12.2. The van der Waals surface area contributed by atoms with Crippen LogP contribution < -0.4 is 22.1 Å². The molecule has 0 saturated carbocycles. The van der Waals surface area contributed by atoms with Gasteiger partial charge in [-0.3, -0.25) is 4.99 Å². The number of carbonyl (C=O) groups is 2. The maximum atomic E-state index is 11.1. The van der Waals surface area contributed by atoms with Crippen LogP contribution in [0.2, 0.25) is 0 Å². The number of aliphatic imine (C=N–C) groups is 1. The van der Waals surface area contributed by atoms with Crippen molar-refractivity contribution >= 4 is 45.9 Å². The van der Waals surface area contributed by atoms with Gasteiger partial charge in [-0.05, 0) is 76.9 Å². The molecule has 4 aromatic carbocycles. The van der Waals surface area contributed by atoms with E-state index in [0.717, 1.165) is 56.9 Å². The Morgan fingerprint density at radius 1 is 0.711 bits per heavy atom. The van der Waals surface area contributed by atoms with Crippen molar-refractivity contribution in [1.29, 1.82) is 0 Å². The lowest BCUT2D eigenvalue weighted by Gasteiger charge is -2.04. The molecule has 9 heteroatoms. The molecule has 186 valence electrons. The van der Waals surface area contributed by atoms with Crippen molar-refractivity contribution in [1.82, 2.24) is 9.97 Å². The Morgan fingerprint density at radius 3 is 1.95 bits per heavy atom. The zero-order valence-corrected chi connectivity index (χ0v) is 20.2. The van der Waals surface area contributed by atoms with E-state index in [1.807, 2.05) is 42.5 Å². The third kappa shape index (κ3) is 4.56. The number of rotatable bonds is 5. The summed E-state index contributed by atoms with van der Waals surface area (Å²) in [5, 5.41) is 5.13. The van der Waals surface area contributed by atoms with Crippen LogP contribution in [0.25, 0.3) is 33.5 Å². The van der Waals surface area contributed by atoms with Crippen LogP contribution in [0.3, 0.4) is 0 Å². The topological polar surface area (TPSA) is 151 Å². The van der Waals surface area contributed by atoms with Gasteiger partial charge in [-0.2, -0.15) is 0 Å². The number of benzene rings is 4. The number of carbonyl (C=O) groups excluding carboxylic acids is 2. The van der Waals surface area contributed by atoms with Crippen molar-refractivity contribution in [3.05, 3.63) is 96.1 Å². The number of amides is 4. The highest BCUT2D eigenvalue weighted by Gasteiger charge is 2.17. The second-order valence-corrected chi connectivity index (χ2v) is 9.03. The number of imidazole rings is 1. The van der Waals surface area contributed by atoms with Gasteiger partial charge < -0.3 is 27.1 Å². The first kappa shape index (κ1) is 23.0. The molecule has 1 aliphatic rings. The number of aromatic nitrogens is 2. The summed E-state index contributed by atoms with van der Waals surface area (Å²) < 4.78 is 0. The van der Waals surface area contributed by atoms with Crippen LogP contribution in [0.4, 0.5) is 26.7 Å². The molecule has 0 atom stereocenters. The number of hydrogen-bond donors (Lipinski definition) is 5. The van der Waals surface area contributed by atoms with E-state index in [1.54, 1.807) is 12.1 Å². The quantitative estimate of drug-likeness (QED) is 0.214. The van der Waals surface area contributed by atoms with Crippen molar-refractivity contribution in [2.75, 3.05) is 10.6 Å². The highest BCUT2D eigenvalue weighted by Crippen LogP contribution is 2.34. The third-order valence-corrected chi connectivity index (χ3v) is 6.43. The summed E-state index contributed by atoms with van der Waals surface area (Å²) in [4.78, 5) is 35.1. The zero-order valence-electron chi connectivity index (χ0n) is 20.2. The number of hydrogen-bond acceptors (Lipinski definition) is 4. The molecule has 0 unspecified atom stereocenters. The molecule has 0 saturated heterocycles. The minimum atomic E-state index is -0.601. The lowest BCUT2D eigenvalue weighted by molar-refractivity contribution is 0.258. The van der Waals surface area contributed by atoms with Gasteiger partial charge in [-0.15, -0.1) is 0 Å². The Bertz CT molecular complexity index is 1740. The predicted molar refractivity (Wildman–Crippen MR) is 150 cm³/mol. The molecule has 9 nitrogen and oxygen atoms in total. The number of fused-ring (bicyclic) bond motifs is 2. The molecule has 0 spiro atoms. The van der Waals surface area contributed by atoms with Crippen LogP contribution in [0.15, 0.2) is 89.9 Å². The third-order valence-electron chi connectivity index (χ3n) is 6.43. The van der Waals surface area contributed by atoms with E-state index >= 15 is 0 Å². The van der Waals surface area contributed by atoms with Gasteiger partial charge in [0, 0.05) is 23.4 Å². The van der Waals surface area contributed by atoms with Gasteiger partial charge in [0.1, 0.15) is 5.82 Å². The van der Waals surface area contributed by atoms with Crippen molar-refractivity contribution < 1.29 is 9.59 Å². The van der Waals surface area contributed by atoms with Gasteiger partial charge in [-0.25, -0.2) is 14.6 Å². The molecule has 5 aromatic rings. The fraction of sp³-hybridized carbons (Fsp3) is 0.0345. The van der Waals surface area contributed by atoms with Crippen molar-refractivity contribution in [2.24, 2.45) is 16.5 Å². The van der Waals surface area contributed by atoms with Gasteiger partial charge in [0.05, 0.1) is 22.4 Å². The summed E-state index contributed by atoms with van der Waals surface area (Å²) in [6, 6.07) is 26.1. The van der Waals surface area contributed by atoms with Crippen molar-refractivity contribution in [2.45, 2.75) is 6.42 Å². The van der Waals surface area contributed by atoms with Crippen LogP contribution >= 0.6 is 0 Å². The number of urea groups is 2. The van der Waals surface area contributed by atoms with Crippen LogP contribution in [0, 0.1) is 0 Å². The predicted octanol–water partition coefficient (Wildman–Crippen LogP) is 5.56. The smallest absolute Gasteiger partial charge is 0.316 e. The molecule has 4 amide bonds. The fourth-order valence-corrected chi connectivity index (χ4v) is 4.59. The maximum Gasteiger partial charge on any atom is 0.316 e. The maximum absolute atomic E-state index is 11.1. The van der Waals surface area contributed by atoms with E-state index in [2.05, 4.69) is 45.9 Å². The monoisotopic (exact) mass is 501 g/mol. The van der Waals surface area contributed by atoms with E-state index in [1.165, 1.54) is 5.56 Å². The van der Waals surface area contributed by atoms with Crippen LogP contribution in [-0.4, -0.2) is 27.7 Å². The molecular formula is C29H23N7O2. The van der Waals surface area contributed by atoms with E-state index in [4.69, 9.17) is 21.4 Å². The Labute approximate surface area is 217 Å². The first-order valence-corrected chi connectivity index (χ1v) is 12.0. The first-order valence-electron chi connectivity index (χ1n) is 12.0. The van der Waals surface area contributed by atoms with E-state index in [9.17, 15) is 9.59 Å². The molecule has 0 radical (unpaired) electrons. The number of primary amides is 2. The van der Waals surface area contributed by atoms with E-state index in [-0.39, 0.29) is 0 Å². The average molecular weight is 502 g/mol. The van der Waals surface area contributed by atoms with E-state index < -0.39 is 12.1 Å². The van der Waals surface area contributed by atoms with Crippen LogP contribution in [-0.2, 0) is 6.42 Å². The van der Waals surface area contributed by atoms with Crippen molar-refractivity contribution in [3.63, 3.8) is 0 Å². The number of nitrogens with two attached hydrogens (primary N) is 2.